The quantitative estimate of drug-likeness (QED) is 0.767. The van der Waals surface area contributed by atoms with Gasteiger partial charge in [-0.2, -0.15) is 0 Å². The lowest BCUT2D eigenvalue weighted by molar-refractivity contribution is 0.108. The molecule has 0 aromatic heterocycles. The van der Waals surface area contributed by atoms with Crippen LogP contribution in [0.1, 0.15) is 39.5 Å². The zero-order valence-corrected chi connectivity index (χ0v) is 12.6. The van der Waals surface area contributed by atoms with Crippen molar-refractivity contribution in [2.75, 3.05) is 45.8 Å². The summed E-state index contributed by atoms with van der Waals surface area (Å²) in [5.74, 6) is 0.716. The number of urea groups is 1. The molecule has 2 rings (SSSR count). The third-order valence-electron chi connectivity index (χ3n) is 4.14. The van der Waals surface area contributed by atoms with E-state index in [4.69, 9.17) is 0 Å². The van der Waals surface area contributed by atoms with E-state index in [2.05, 4.69) is 28.5 Å². The number of carbonyl (C=O) groups excluding carboxylic acids is 1. The van der Waals surface area contributed by atoms with Gasteiger partial charge in [0.15, 0.2) is 0 Å². The van der Waals surface area contributed by atoms with E-state index >= 15 is 0 Å². The Morgan fingerprint density at radius 2 is 1.37 bits per heavy atom. The van der Waals surface area contributed by atoms with Gasteiger partial charge in [-0.05, 0) is 18.8 Å². The zero-order chi connectivity index (χ0) is 13.7. The third-order valence-corrected chi connectivity index (χ3v) is 4.14. The molecule has 0 bridgehead atoms. The van der Waals surface area contributed by atoms with Gasteiger partial charge >= 0.3 is 6.03 Å². The van der Waals surface area contributed by atoms with Gasteiger partial charge in [-0.25, -0.2) is 4.79 Å². The molecular weight excluding hydrogens is 238 g/mol. The molecule has 0 radical (unpaired) electrons. The van der Waals surface area contributed by atoms with Crippen molar-refractivity contribution >= 4 is 6.03 Å². The maximum absolute atomic E-state index is 12.5. The smallest absolute Gasteiger partial charge is 0.320 e. The molecule has 0 unspecified atom stereocenters. The highest BCUT2D eigenvalue weighted by Gasteiger charge is 2.25. The van der Waals surface area contributed by atoms with Crippen LogP contribution in [0.5, 0.6) is 0 Å². The normalized spacial score (nSPS) is 22.7. The average Bonchev–Trinajstić information content (AvgIpc) is 2.67. The first-order valence-corrected chi connectivity index (χ1v) is 7.93. The number of hydrogen-bond acceptors (Lipinski definition) is 2. The summed E-state index contributed by atoms with van der Waals surface area (Å²) in [6.07, 6.45) is 4.93. The van der Waals surface area contributed by atoms with Crippen molar-refractivity contribution in [1.29, 1.82) is 0 Å². The summed E-state index contributed by atoms with van der Waals surface area (Å²) < 4.78 is 0. The van der Waals surface area contributed by atoms with Crippen molar-refractivity contribution in [3.63, 3.8) is 0 Å². The van der Waals surface area contributed by atoms with Crippen molar-refractivity contribution < 1.29 is 4.79 Å². The van der Waals surface area contributed by atoms with Gasteiger partial charge < -0.3 is 9.80 Å². The molecule has 0 aromatic carbocycles. The zero-order valence-electron chi connectivity index (χ0n) is 12.6. The van der Waals surface area contributed by atoms with Crippen LogP contribution in [0.25, 0.3) is 0 Å². The van der Waals surface area contributed by atoms with Crippen molar-refractivity contribution in [3.8, 4) is 0 Å². The van der Waals surface area contributed by atoms with Crippen molar-refractivity contribution in [2.45, 2.75) is 39.5 Å². The van der Waals surface area contributed by atoms with Crippen LogP contribution >= 0.6 is 0 Å². The van der Waals surface area contributed by atoms with Gasteiger partial charge in [0.2, 0.25) is 0 Å². The van der Waals surface area contributed by atoms with E-state index in [1.807, 2.05) is 0 Å². The van der Waals surface area contributed by atoms with Crippen molar-refractivity contribution in [3.05, 3.63) is 0 Å². The van der Waals surface area contributed by atoms with Crippen molar-refractivity contribution in [1.82, 2.24) is 14.7 Å². The predicted molar refractivity (Wildman–Crippen MR) is 78.3 cm³/mol. The molecule has 4 heteroatoms. The molecule has 110 valence electrons. The van der Waals surface area contributed by atoms with Crippen LogP contribution in [-0.4, -0.2) is 66.5 Å². The summed E-state index contributed by atoms with van der Waals surface area (Å²) in [7, 11) is 0. The Morgan fingerprint density at radius 1 is 0.842 bits per heavy atom. The highest BCUT2D eigenvalue weighted by Crippen LogP contribution is 2.13. The first-order valence-electron chi connectivity index (χ1n) is 7.93. The van der Waals surface area contributed by atoms with Gasteiger partial charge in [-0.1, -0.05) is 26.7 Å². The number of likely N-dealkylation sites (tertiary alicyclic amines) is 1. The Kier molecular flexibility index (Phi) is 5.49. The Bertz CT molecular complexity index is 277. The second kappa shape index (κ2) is 7.13. The monoisotopic (exact) mass is 267 g/mol. The van der Waals surface area contributed by atoms with Gasteiger partial charge in [-0.15, -0.1) is 0 Å². The molecule has 2 amide bonds. The van der Waals surface area contributed by atoms with Gasteiger partial charge in [0.1, 0.15) is 0 Å². The van der Waals surface area contributed by atoms with E-state index in [1.54, 1.807) is 0 Å². The first kappa shape index (κ1) is 14.6. The lowest BCUT2D eigenvalue weighted by Crippen LogP contribution is -2.53. The third kappa shape index (κ3) is 4.37. The molecule has 0 aliphatic carbocycles. The maximum atomic E-state index is 12.5. The number of hydrogen-bond donors (Lipinski definition) is 0. The van der Waals surface area contributed by atoms with Crippen LogP contribution in [0, 0.1) is 5.92 Å². The van der Waals surface area contributed by atoms with Crippen LogP contribution in [0.15, 0.2) is 0 Å². The molecule has 2 aliphatic rings. The van der Waals surface area contributed by atoms with Gasteiger partial charge in [0.05, 0.1) is 0 Å². The largest absolute Gasteiger partial charge is 0.325 e. The van der Waals surface area contributed by atoms with E-state index in [9.17, 15) is 4.79 Å². The first-order chi connectivity index (χ1) is 9.16. The molecular formula is C15H29N3O. The highest BCUT2D eigenvalue weighted by atomic mass is 16.2. The summed E-state index contributed by atoms with van der Waals surface area (Å²) in [5, 5.41) is 0. The number of nitrogens with zero attached hydrogens (tertiary/aromatic N) is 3. The summed E-state index contributed by atoms with van der Waals surface area (Å²) in [5.41, 5.74) is 0. The molecule has 19 heavy (non-hydrogen) atoms. The fourth-order valence-electron chi connectivity index (χ4n) is 3.10. The van der Waals surface area contributed by atoms with Crippen molar-refractivity contribution in [2.24, 2.45) is 5.92 Å². The molecule has 2 fully saturated rings. The van der Waals surface area contributed by atoms with E-state index in [-0.39, 0.29) is 6.03 Å². The van der Waals surface area contributed by atoms with Gasteiger partial charge in [0, 0.05) is 45.8 Å². The summed E-state index contributed by atoms with van der Waals surface area (Å²) >= 11 is 0. The topological polar surface area (TPSA) is 26.8 Å². The van der Waals surface area contributed by atoms with Crippen LogP contribution in [0.3, 0.4) is 0 Å². The van der Waals surface area contributed by atoms with Gasteiger partial charge in [-0.3, -0.25) is 4.90 Å². The van der Waals surface area contributed by atoms with E-state index in [1.165, 1.54) is 25.7 Å². The minimum Gasteiger partial charge on any atom is -0.325 e. The lowest BCUT2D eigenvalue weighted by Gasteiger charge is -2.38. The summed E-state index contributed by atoms with van der Waals surface area (Å²) in [4.78, 5) is 19.1. The molecule has 0 N–H and O–H groups in total. The highest BCUT2D eigenvalue weighted by molar-refractivity contribution is 5.74. The Labute approximate surface area is 117 Å². The van der Waals surface area contributed by atoms with E-state index in [0.717, 1.165) is 45.8 Å². The molecule has 0 aromatic rings. The second-order valence-corrected chi connectivity index (χ2v) is 6.37. The Balaban J connectivity index is 1.78. The fourth-order valence-corrected chi connectivity index (χ4v) is 3.10. The Morgan fingerprint density at radius 3 is 1.89 bits per heavy atom. The standard InChI is InChI=1S/C15H29N3O/c1-14(2)13-16-9-11-18(12-10-16)15(19)17-7-5-3-4-6-8-17/h14H,3-13H2,1-2H3. The van der Waals surface area contributed by atoms with Crippen LogP contribution in [0.4, 0.5) is 4.79 Å². The van der Waals surface area contributed by atoms with Crippen LogP contribution < -0.4 is 0 Å². The van der Waals surface area contributed by atoms with E-state index in [0.29, 0.717) is 5.92 Å². The molecule has 2 heterocycles. The SMILES string of the molecule is CC(C)CN1CCN(C(=O)N2CCCCCC2)CC1. The molecule has 0 spiro atoms. The molecule has 4 nitrogen and oxygen atoms in total. The molecule has 2 saturated heterocycles. The minimum atomic E-state index is 0.283. The van der Waals surface area contributed by atoms with E-state index < -0.39 is 0 Å². The van der Waals surface area contributed by atoms with Crippen LogP contribution in [-0.2, 0) is 0 Å². The lowest BCUT2D eigenvalue weighted by atomic mass is 10.2. The number of amides is 2. The van der Waals surface area contributed by atoms with Crippen LogP contribution in [0.2, 0.25) is 0 Å². The number of rotatable bonds is 2. The maximum Gasteiger partial charge on any atom is 0.320 e. The average molecular weight is 267 g/mol. The summed E-state index contributed by atoms with van der Waals surface area (Å²) in [6, 6.07) is 0.283. The predicted octanol–water partition coefficient (Wildman–Crippen LogP) is 2.26. The molecule has 0 saturated carbocycles. The molecule has 0 atom stereocenters. The Hall–Kier alpha value is -0.770. The fraction of sp³-hybridized carbons (Fsp3) is 0.933. The number of piperazine rings is 1. The summed E-state index contributed by atoms with van der Waals surface area (Å²) in [6.45, 7) is 11.5. The van der Waals surface area contributed by atoms with Gasteiger partial charge in [0.25, 0.3) is 0 Å². The number of carbonyl (C=O) groups is 1. The molecule has 2 aliphatic heterocycles. The second-order valence-electron chi connectivity index (χ2n) is 6.37. The minimum absolute atomic E-state index is 0.283.